The summed E-state index contributed by atoms with van der Waals surface area (Å²) in [4.78, 5) is 22.4. The van der Waals surface area contributed by atoms with Crippen LogP contribution in [0, 0.1) is 0 Å². The highest BCUT2D eigenvalue weighted by atomic mass is 32.2. The molecule has 0 aromatic carbocycles. The molecule has 0 rings (SSSR count). The van der Waals surface area contributed by atoms with Crippen molar-refractivity contribution in [2.75, 3.05) is 11.5 Å². The van der Waals surface area contributed by atoms with Crippen LogP contribution in [-0.2, 0) is 9.53 Å². The number of rotatable bonds is 7. The molecule has 0 aliphatic rings. The van der Waals surface area contributed by atoms with Gasteiger partial charge in [0.1, 0.15) is 11.6 Å². The molecule has 0 aromatic rings. The molecular weight excluding hydrogens is 254 g/mol. The SMILES string of the molecule is CCCCSC[C@@H](NC(=O)OC(C)(C)C)C(=O)O. The van der Waals surface area contributed by atoms with Crippen molar-refractivity contribution in [1.82, 2.24) is 5.32 Å². The van der Waals surface area contributed by atoms with Gasteiger partial charge in [0, 0.05) is 5.75 Å². The van der Waals surface area contributed by atoms with Gasteiger partial charge in [0.2, 0.25) is 0 Å². The lowest BCUT2D eigenvalue weighted by molar-refractivity contribution is -0.138. The van der Waals surface area contributed by atoms with E-state index >= 15 is 0 Å². The van der Waals surface area contributed by atoms with E-state index in [0.29, 0.717) is 5.75 Å². The Morgan fingerprint density at radius 1 is 1.39 bits per heavy atom. The van der Waals surface area contributed by atoms with Gasteiger partial charge in [0.05, 0.1) is 0 Å². The number of nitrogens with one attached hydrogen (secondary N) is 1. The second-order valence-corrected chi connectivity index (χ2v) is 6.12. The predicted octanol–water partition coefficient (Wildman–Crippen LogP) is 2.50. The summed E-state index contributed by atoms with van der Waals surface area (Å²) in [6, 6.07) is -0.901. The van der Waals surface area contributed by atoms with Crippen LogP contribution in [0.4, 0.5) is 4.79 Å². The summed E-state index contributed by atoms with van der Waals surface area (Å²) in [6.07, 6.45) is 1.43. The van der Waals surface area contributed by atoms with Crippen LogP contribution in [0.1, 0.15) is 40.5 Å². The third-order valence-corrected chi connectivity index (χ3v) is 3.06. The van der Waals surface area contributed by atoms with Crippen LogP contribution in [0.25, 0.3) is 0 Å². The van der Waals surface area contributed by atoms with E-state index in [1.807, 2.05) is 0 Å². The van der Waals surface area contributed by atoms with Crippen molar-refractivity contribution in [2.24, 2.45) is 0 Å². The summed E-state index contributed by atoms with van der Waals surface area (Å²) in [7, 11) is 0. The van der Waals surface area contributed by atoms with Crippen LogP contribution in [0.15, 0.2) is 0 Å². The van der Waals surface area contributed by atoms with E-state index in [1.54, 1.807) is 20.8 Å². The van der Waals surface area contributed by atoms with E-state index in [2.05, 4.69) is 12.2 Å². The van der Waals surface area contributed by atoms with Gasteiger partial charge in [-0.25, -0.2) is 9.59 Å². The molecule has 0 saturated heterocycles. The summed E-state index contributed by atoms with van der Waals surface area (Å²) in [5.74, 6) is 0.218. The molecule has 2 N–H and O–H groups in total. The second-order valence-electron chi connectivity index (χ2n) is 4.97. The van der Waals surface area contributed by atoms with E-state index in [4.69, 9.17) is 9.84 Å². The molecule has 6 heteroatoms. The molecule has 106 valence electrons. The molecule has 0 fully saturated rings. The average molecular weight is 277 g/mol. The van der Waals surface area contributed by atoms with Gasteiger partial charge >= 0.3 is 12.1 Å². The number of carboxylic acid groups (broad SMARTS) is 1. The molecule has 0 heterocycles. The number of carbonyl (C=O) groups is 2. The van der Waals surface area contributed by atoms with Crippen molar-refractivity contribution in [3.63, 3.8) is 0 Å². The largest absolute Gasteiger partial charge is 0.480 e. The first-order chi connectivity index (χ1) is 8.26. The Bertz CT molecular complexity index is 276. The van der Waals surface area contributed by atoms with E-state index in [0.717, 1.165) is 18.6 Å². The highest BCUT2D eigenvalue weighted by Crippen LogP contribution is 2.09. The first kappa shape index (κ1) is 17.1. The third kappa shape index (κ3) is 9.15. The van der Waals surface area contributed by atoms with E-state index in [9.17, 15) is 9.59 Å². The van der Waals surface area contributed by atoms with E-state index in [1.165, 1.54) is 11.8 Å². The molecule has 0 radical (unpaired) electrons. The fourth-order valence-corrected chi connectivity index (χ4v) is 2.19. The Labute approximate surface area is 113 Å². The second kappa shape index (κ2) is 8.24. The highest BCUT2D eigenvalue weighted by Gasteiger charge is 2.23. The number of alkyl carbamates (subject to hydrolysis) is 1. The lowest BCUT2D eigenvalue weighted by atomic mass is 10.2. The molecule has 0 aliphatic carbocycles. The van der Waals surface area contributed by atoms with E-state index in [-0.39, 0.29) is 0 Å². The fourth-order valence-electron chi connectivity index (χ4n) is 1.07. The number of carbonyl (C=O) groups excluding carboxylic acids is 1. The number of hydrogen-bond acceptors (Lipinski definition) is 4. The number of carboxylic acids is 1. The van der Waals surface area contributed by atoms with Crippen molar-refractivity contribution in [3.05, 3.63) is 0 Å². The van der Waals surface area contributed by atoms with Gasteiger partial charge < -0.3 is 15.2 Å². The summed E-state index contributed by atoms with van der Waals surface area (Å²) >= 11 is 1.52. The van der Waals surface area contributed by atoms with Gasteiger partial charge in [-0.05, 0) is 32.9 Å². The summed E-state index contributed by atoms with van der Waals surface area (Å²) in [6.45, 7) is 7.28. The van der Waals surface area contributed by atoms with Crippen LogP contribution in [-0.4, -0.2) is 40.3 Å². The number of amides is 1. The zero-order valence-corrected chi connectivity index (χ0v) is 12.3. The third-order valence-electron chi connectivity index (χ3n) is 1.92. The lowest BCUT2D eigenvalue weighted by Gasteiger charge is -2.21. The molecule has 0 bridgehead atoms. The summed E-state index contributed by atoms with van der Waals surface area (Å²) < 4.78 is 5.02. The minimum absolute atomic E-state index is 0.356. The monoisotopic (exact) mass is 277 g/mol. The first-order valence-corrected chi connectivity index (χ1v) is 7.21. The fraction of sp³-hybridized carbons (Fsp3) is 0.833. The molecule has 0 aromatic heterocycles. The molecule has 0 unspecified atom stereocenters. The maximum Gasteiger partial charge on any atom is 0.408 e. The van der Waals surface area contributed by atoms with Gasteiger partial charge in [0.25, 0.3) is 0 Å². The van der Waals surface area contributed by atoms with E-state index < -0.39 is 23.7 Å². The Morgan fingerprint density at radius 2 is 2.00 bits per heavy atom. The van der Waals surface area contributed by atoms with Gasteiger partial charge in [-0.3, -0.25) is 0 Å². The van der Waals surface area contributed by atoms with Crippen molar-refractivity contribution in [3.8, 4) is 0 Å². The van der Waals surface area contributed by atoms with Crippen LogP contribution in [0.5, 0.6) is 0 Å². The van der Waals surface area contributed by atoms with Crippen molar-refractivity contribution in [1.29, 1.82) is 0 Å². The molecule has 0 aliphatic heterocycles. The molecular formula is C12H23NO4S. The molecule has 1 amide bonds. The van der Waals surface area contributed by atoms with Crippen molar-refractivity contribution in [2.45, 2.75) is 52.2 Å². The minimum Gasteiger partial charge on any atom is -0.480 e. The molecule has 18 heavy (non-hydrogen) atoms. The standard InChI is InChI=1S/C12H23NO4S/c1-5-6-7-18-8-9(10(14)15)13-11(16)17-12(2,3)4/h9H,5-8H2,1-4H3,(H,13,16)(H,14,15)/t9-/m1/s1. The Balaban J connectivity index is 4.11. The topological polar surface area (TPSA) is 75.6 Å². The van der Waals surface area contributed by atoms with Crippen LogP contribution >= 0.6 is 11.8 Å². The maximum absolute atomic E-state index is 11.5. The van der Waals surface area contributed by atoms with Gasteiger partial charge in [-0.2, -0.15) is 11.8 Å². The Kier molecular flexibility index (Phi) is 7.82. The lowest BCUT2D eigenvalue weighted by Crippen LogP contribution is -2.45. The maximum atomic E-state index is 11.5. The highest BCUT2D eigenvalue weighted by molar-refractivity contribution is 7.99. The van der Waals surface area contributed by atoms with Crippen molar-refractivity contribution < 1.29 is 19.4 Å². The van der Waals surface area contributed by atoms with Gasteiger partial charge in [-0.15, -0.1) is 0 Å². The quantitative estimate of drug-likeness (QED) is 0.699. The molecule has 5 nitrogen and oxygen atoms in total. The molecule has 0 spiro atoms. The number of unbranched alkanes of at least 4 members (excludes halogenated alkanes) is 1. The number of hydrogen-bond donors (Lipinski definition) is 2. The van der Waals surface area contributed by atoms with Crippen LogP contribution in [0.3, 0.4) is 0 Å². The summed E-state index contributed by atoms with van der Waals surface area (Å²) in [5, 5.41) is 11.4. The van der Waals surface area contributed by atoms with Crippen molar-refractivity contribution >= 4 is 23.8 Å². The van der Waals surface area contributed by atoms with Gasteiger partial charge in [-0.1, -0.05) is 13.3 Å². The predicted molar refractivity (Wildman–Crippen MR) is 73.0 cm³/mol. The molecule has 1 atom stereocenters. The minimum atomic E-state index is -1.04. The average Bonchev–Trinajstić information content (AvgIpc) is 2.19. The Hall–Kier alpha value is -0.910. The number of thioether (sulfide) groups is 1. The first-order valence-electron chi connectivity index (χ1n) is 6.06. The Morgan fingerprint density at radius 3 is 2.44 bits per heavy atom. The molecule has 0 saturated carbocycles. The zero-order chi connectivity index (χ0) is 14.2. The number of ether oxygens (including phenoxy) is 1. The van der Waals surface area contributed by atoms with Crippen LogP contribution < -0.4 is 5.32 Å². The van der Waals surface area contributed by atoms with Crippen LogP contribution in [0.2, 0.25) is 0 Å². The summed E-state index contributed by atoms with van der Waals surface area (Å²) in [5.41, 5.74) is -0.623. The normalized spacial score (nSPS) is 12.9. The van der Waals surface area contributed by atoms with Gasteiger partial charge in [0.15, 0.2) is 0 Å². The number of aliphatic carboxylic acids is 1. The zero-order valence-electron chi connectivity index (χ0n) is 11.5. The smallest absolute Gasteiger partial charge is 0.408 e.